The molecule has 1 heterocycles. The van der Waals surface area contributed by atoms with Crippen molar-refractivity contribution in [2.45, 2.75) is 67.0 Å². The maximum atomic E-state index is 6.21. The Balaban J connectivity index is 2.46. The van der Waals surface area contributed by atoms with Gasteiger partial charge in [-0.2, -0.15) is 0 Å². The Kier molecular flexibility index (Phi) is 6.43. The van der Waals surface area contributed by atoms with Crippen molar-refractivity contribution in [2.24, 2.45) is 5.73 Å². The first kappa shape index (κ1) is 19.3. The number of nitrogens with two attached hydrogens (primary N) is 1. The number of benzene rings is 1. The molecule has 0 radical (unpaired) electrons. The van der Waals surface area contributed by atoms with Crippen LogP contribution in [0.25, 0.3) is 0 Å². The van der Waals surface area contributed by atoms with Gasteiger partial charge in [0.25, 0.3) is 0 Å². The minimum Gasteiger partial charge on any atom is -0.490 e. The van der Waals surface area contributed by atoms with Crippen LogP contribution in [0.1, 0.15) is 54.6 Å². The summed E-state index contributed by atoms with van der Waals surface area (Å²) in [5.41, 5.74) is 12.7. The van der Waals surface area contributed by atoms with Gasteiger partial charge in [0, 0.05) is 24.0 Å². The lowest BCUT2D eigenvalue weighted by Crippen LogP contribution is -2.17. The molecule has 4 nitrogen and oxygen atoms in total. The molecular weight excluding hydrogens is 310 g/mol. The number of aryl methyl sites for hydroxylation is 4. The van der Waals surface area contributed by atoms with Gasteiger partial charge >= 0.3 is 0 Å². The van der Waals surface area contributed by atoms with E-state index in [1.807, 2.05) is 13.0 Å². The van der Waals surface area contributed by atoms with E-state index in [2.05, 4.69) is 52.1 Å². The summed E-state index contributed by atoms with van der Waals surface area (Å²) in [7, 11) is 0. The van der Waals surface area contributed by atoms with Crippen molar-refractivity contribution in [3.05, 3.63) is 46.1 Å². The van der Waals surface area contributed by atoms with Crippen LogP contribution >= 0.6 is 0 Å². The number of nitrogens with one attached hydrogen (secondary N) is 1. The SMILES string of the molecule is CCC(CC)Oc1cc(C)nc(Nc2c(C)cc(C)cc2C)c1CN. The molecular formula is C21H31N3O. The van der Waals surface area contributed by atoms with Gasteiger partial charge in [-0.15, -0.1) is 0 Å². The van der Waals surface area contributed by atoms with Gasteiger partial charge in [-0.1, -0.05) is 31.5 Å². The highest BCUT2D eigenvalue weighted by atomic mass is 16.5. The van der Waals surface area contributed by atoms with Crippen LogP contribution in [0, 0.1) is 27.7 Å². The van der Waals surface area contributed by atoms with E-state index in [9.17, 15) is 0 Å². The van der Waals surface area contributed by atoms with E-state index in [4.69, 9.17) is 15.5 Å². The third-order valence-corrected chi connectivity index (χ3v) is 4.54. The van der Waals surface area contributed by atoms with Crippen LogP contribution < -0.4 is 15.8 Å². The zero-order valence-electron chi connectivity index (χ0n) is 16.4. The first-order valence-corrected chi connectivity index (χ1v) is 9.11. The molecule has 0 saturated carbocycles. The summed E-state index contributed by atoms with van der Waals surface area (Å²) >= 11 is 0. The van der Waals surface area contributed by atoms with Gasteiger partial charge in [-0.05, 0) is 51.7 Å². The Bertz CT molecular complexity index is 713. The molecule has 0 unspecified atom stereocenters. The number of hydrogen-bond acceptors (Lipinski definition) is 4. The number of anilines is 2. The number of nitrogens with zero attached hydrogens (tertiary/aromatic N) is 1. The summed E-state index contributed by atoms with van der Waals surface area (Å²) < 4.78 is 6.21. The predicted molar refractivity (Wildman–Crippen MR) is 106 cm³/mol. The molecule has 0 aliphatic carbocycles. The largest absolute Gasteiger partial charge is 0.490 e. The minimum atomic E-state index is 0.197. The number of hydrogen-bond donors (Lipinski definition) is 2. The van der Waals surface area contributed by atoms with Gasteiger partial charge in [0.1, 0.15) is 11.6 Å². The molecule has 1 aromatic heterocycles. The highest BCUT2D eigenvalue weighted by molar-refractivity contribution is 5.68. The molecule has 0 amide bonds. The summed E-state index contributed by atoms with van der Waals surface area (Å²) in [5, 5.41) is 3.51. The molecule has 2 aromatic rings. The van der Waals surface area contributed by atoms with Crippen LogP contribution in [0.2, 0.25) is 0 Å². The molecule has 0 fully saturated rings. The maximum absolute atomic E-state index is 6.21. The van der Waals surface area contributed by atoms with E-state index in [0.29, 0.717) is 6.54 Å². The van der Waals surface area contributed by atoms with Crippen LogP contribution in [-0.2, 0) is 6.54 Å². The maximum Gasteiger partial charge on any atom is 0.138 e. The molecule has 0 aliphatic heterocycles. The molecule has 1 aromatic carbocycles. The Morgan fingerprint density at radius 2 is 1.64 bits per heavy atom. The van der Waals surface area contributed by atoms with Crippen molar-refractivity contribution in [1.82, 2.24) is 4.98 Å². The lowest BCUT2D eigenvalue weighted by molar-refractivity contribution is 0.191. The van der Waals surface area contributed by atoms with E-state index < -0.39 is 0 Å². The molecule has 136 valence electrons. The van der Waals surface area contributed by atoms with Crippen molar-refractivity contribution in [3.8, 4) is 5.75 Å². The predicted octanol–water partition coefficient (Wildman–Crippen LogP) is 5.08. The second-order valence-corrected chi connectivity index (χ2v) is 6.75. The summed E-state index contributed by atoms with van der Waals surface area (Å²) in [6, 6.07) is 6.34. The second-order valence-electron chi connectivity index (χ2n) is 6.75. The molecule has 0 bridgehead atoms. The highest BCUT2D eigenvalue weighted by Crippen LogP contribution is 2.32. The minimum absolute atomic E-state index is 0.197. The van der Waals surface area contributed by atoms with Gasteiger partial charge in [-0.3, -0.25) is 0 Å². The van der Waals surface area contributed by atoms with Gasteiger partial charge in [-0.25, -0.2) is 4.98 Å². The first-order valence-electron chi connectivity index (χ1n) is 9.11. The van der Waals surface area contributed by atoms with E-state index in [-0.39, 0.29) is 6.10 Å². The van der Waals surface area contributed by atoms with Crippen molar-refractivity contribution in [1.29, 1.82) is 0 Å². The van der Waals surface area contributed by atoms with Gasteiger partial charge in [0.2, 0.25) is 0 Å². The van der Waals surface area contributed by atoms with E-state index in [1.54, 1.807) is 0 Å². The first-order chi connectivity index (χ1) is 11.9. The number of rotatable bonds is 7. The topological polar surface area (TPSA) is 60.2 Å². The Morgan fingerprint density at radius 3 is 2.16 bits per heavy atom. The molecule has 0 aliphatic rings. The summed E-state index contributed by atoms with van der Waals surface area (Å²) in [5.74, 6) is 1.63. The molecule has 25 heavy (non-hydrogen) atoms. The number of ether oxygens (including phenoxy) is 1. The second kappa shape index (κ2) is 8.34. The van der Waals surface area contributed by atoms with Crippen molar-refractivity contribution >= 4 is 11.5 Å². The zero-order chi connectivity index (χ0) is 18.6. The summed E-state index contributed by atoms with van der Waals surface area (Å²) in [4.78, 5) is 4.69. The quantitative estimate of drug-likeness (QED) is 0.737. The van der Waals surface area contributed by atoms with E-state index >= 15 is 0 Å². The van der Waals surface area contributed by atoms with Gasteiger partial charge in [0.05, 0.1) is 11.7 Å². The monoisotopic (exact) mass is 341 g/mol. The van der Waals surface area contributed by atoms with Crippen LogP contribution in [0.4, 0.5) is 11.5 Å². The highest BCUT2D eigenvalue weighted by Gasteiger charge is 2.16. The van der Waals surface area contributed by atoms with Crippen molar-refractivity contribution in [2.75, 3.05) is 5.32 Å². The fourth-order valence-corrected chi connectivity index (χ4v) is 3.21. The third kappa shape index (κ3) is 4.51. The molecule has 0 saturated heterocycles. The lowest BCUT2D eigenvalue weighted by Gasteiger charge is -2.21. The van der Waals surface area contributed by atoms with E-state index in [0.717, 1.165) is 41.4 Å². The Labute approximate surface area is 151 Å². The molecule has 0 spiro atoms. The number of aromatic nitrogens is 1. The Morgan fingerprint density at radius 1 is 1.04 bits per heavy atom. The van der Waals surface area contributed by atoms with Crippen molar-refractivity contribution in [3.63, 3.8) is 0 Å². The normalized spacial score (nSPS) is 11.0. The number of pyridine rings is 1. The Hall–Kier alpha value is -2.07. The van der Waals surface area contributed by atoms with Crippen LogP contribution in [0.3, 0.4) is 0 Å². The molecule has 4 heteroatoms. The van der Waals surface area contributed by atoms with Crippen molar-refractivity contribution < 1.29 is 4.74 Å². The van der Waals surface area contributed by atoms with Gasteiger partial charge in [0.15, 0.2) is 0 Å². The molecule has 3 N–H and O–H groups in total. The fraction of sp³-hybridized carbons (Fsp3) is 0.476. The summed E-state index contributed by atoms with van der Waals surface area (Å²) in [6.45, 7) is 13.0. The van der Waals surface area contributed by atoms with E-state index in [1.165, 1.54) is 16.7 Å². The van der Waals surface area contributed by atoms with Gasteiger partial charge < -0.3 is 15.8 Å². The fourth-order valence-electron chi connectivity index (χ4n) is 3.21. The average molecular weight is 341 g/mol. The van der Waals surface area contributed by atoms with Crippen LogP contribution in [0.5, 0.6) is 5.75 Å². The lowest BCUT2D eigenvalue weighted by atomic mass is 10.0. The average Bonchev–Trinajstić information content (AvgIpc) is 2.55. The smallest absolute Gasteiger partial charge is 0.138 e. The molecule has 2 rings (SSSR count). The molecule has 0 atom stereocenters. The summed E-state index contributed by atoms with van der Waals surface area (Å²) in [6.07, 6.45) is 2.14. The van der Waals surface area contributed by atoms with Crippen LogP contribution in [-0.4, -0.2) is 11.1 Å². The standard InChI is InChI=1S/C21H31N3O/c1-7-17(8-2)25-19-11-16(6)23-21(18(19)12-22)24-20-14(4)9-13(3)10-15(20)5/h9-11,17H,7-8,12,22H2,1-6H3,(H,23,24). The zero-order valence-corrected chi connectivity index (χ0v) is 16.4. The third-order valence-electron chi connectivity index (χ3n) is 4.54. The van der Waals surface area contributed by atoms with Crippen LogP contribution in [0.15, 0.2) is 18.2 Å².